The van der Waals surface area contributed by atoms with Crippen molar-refractivity contribution in [3.63, 3.8) is 0 Å². The molecule has 3 heterocycles. The molecule has 2 atom stereocenters. The number of carbonyl (C=O) groups is 2. The van der Waals surface area contributed by atoms with Gasteiger partial charge >= 0.3 is 0 Å². The highest BCUT2D eigenvalue weighted by Gasteiger charge is 2.41. The van der Waals surface area contributed by atoms with E-state index < -0.39 is 0 Å². The Morgan fingerprint density at radius 3 is 2.74 bits per heavy atom. The van der Waals surface area contributed by atoms with Crippen molar-refractivity contribution in [2.45, 2.75) is 38.6 Å². The van der Waals surface area contributed by atoms with Crippen molar-refractivity contribution in [2.24, 2.45) is 5.92 Å². The zero-order valence-electron chi connectivity index (χ0n) is 17.9. The van der Waals surface area contributed by atoms with Crippen molar-refractivity contribution in [1.82, 2.24) is 4.90 Å². The Balaban J connectivity index is 1.34. The van der Waals surface area contributed by atoms with E-state index in [2.05, 4.69) is 13.0 Å². The van der Waals surface area contributed by atoms with Gasteiger partial charge in [0.15, 0.2) is 11.5 Å². The maximum Gasteiger partial charge on any atom is 0.228 e. The normalized spacial score (nSPS) is 22.8. The molecule has 5 rings (SSSR count). The van der Waals surface area contributed by atoms with Crippen molar-refractivity contribution in [2.75, 3.05) is 31.2 Å². The second-order valence-corrected chi connectivity index (χ2v) is 8.48. The van der Waals surface area contributed by atoms with Gasteiger partial charge in [0.1, 0.15) is 13.2 Å². The van der Waals surface area contributed by atoms with E-state index in [0.717, 1.165) is 54.1 Å². The van der Waals surface area contributed by atoms with Crippen LogP contribution in [0.3, 0.4) is 0 Å². The number of ether oxygens (including phenoxy) is 2. The van der Waals surface area contributed by atoms with Crippen molar-refractivity contribution < 1.29 is 19.1 Å². The predicted octanol–water partition coefficient (Wildman–Crippen LogP) is 3.74. The van der Waals surface area contributed by atoms with Crippen LogP contribution in [0, 0.1) is 5.92 Å². The summed E-state index contributed by atoms with van der Waals surface area (Å²) in [7, 11) is 0. The van der Waals surface area contributed by atoms with Gasteiger partial charge in [-0.15, -0.1) is 0 Å². The van der Waals surface area contributed by atoms with E-state index in [9.17, 15) is 9.59 Å². The summed E-state index contributed by atoms with van der Waals surface area (Å²) in [5, 5.41) is 0. The molecule has 2 aromatic rings. The molecule has 0 aliphatic carbocycles. The largest absolute Gasteiger partial charge is 0.486 e. The predicted molar refractivity (Wildman–Crippen MR) is 117 cm³/mol. The number of anilines is 1. The number of likely N-dealkylation sites (tertiary alicyclic amines) is 1. The molecule has 2 aromatic carbocycles. The molecule has 0 N–H and O–H groups in total. The number of fused-ring (bicyclic) bond motifs is 1. The highest BCUT2D eigenvalue weighted by molar-refractivity contribution is 6.01. The third-order valence-electron chi connectivity index (χ3n) is 6.62. The average Bonchev–Trinajstić information content (AvgIpc) is 3.45. The Morgan fingerprint density at radius 2 is 1.90 bits per heavy atom. The third kappa shape index (κ3) is 3.64. The van der Waals surface area contributed by atoms with Crippen LogP contribution in [0.2, 0.25) is 0 Å². The molecule has 2 unspecified atom stereocenters. The number of benzene rings is 2. The molecule has 0 aromatic heterocycles. The summed E-state index contributed by atoms with van der Waals surface area (Å²) in [4.78, 5) is 30.1. The summed E-state index contributed by atoms with van der Waals surface area (Å²) in [6.07, 6.45) is 3.03. The van der Waals surface area contributed by atoms with Crippen LogP contribution in [0.5, 0.6) is 11.5 Å². The summed E-state index contributed by atoms with van der Waals surface area (Å²) in [5.41, 5.74) is 3.15. The smallest absolute Gasteiger partial charge is 0.228 e. The first-order chi connectivity index (χ1) is 15.2. The quantitative estimate of drug-likeness (QED) is 0.756. The number of aryl methyl sites for hydroxylation is 1. The Labute approximate surface area is 182 Å². The fourth-order valence-corrected chi connectivity index (χ4v) is 5.06. The fraction of sp³-hybridized carbons (Fsp3) is 0.440. The van der Waals surface area contributed by atoms with Crippen LogP contribution in [0.25, 0.3) is 0 Å². The van der Waals surface area contributed by atoms with E-state index in [-0.39, 0.29) is 30.2 Å². The zero-order chi connectivity index (χ0) is 21.4. The molecule has 0 saturated carbocycles. The van der Waals surface area contributed by atoms with Gasteiger partial charge in [-0.3, -0.25) is 9.59 Å². The van der Waals surface area contributed by atoms with E-state index in [0.29, 0.717) is 19.8 Å². The molecule has 2 fully saturated rings. The molecule has 2 saturated heterocycles. The Kier molecular flexibility index (Phi) is 5.30. The number of amides is 2. The number of nitrogens with zero attached hydrogens (tertiary/aromatic N) is 2. The highest BCUT2D eigenvalue weighted by atomic mass is 16.6. The van der Waals surface area contributed by atoms with Gasteiger partial charge in [-0.05, 0) is 48.6 Å². The first kappa shape index (κ1) is 19.9. The zero-order valence-corrected chi connectivity index (χ0v) is 17.9. The van der Waals surface area contributed by atoms with Crippen LogP contribution in [-0.4, -0.2) is 43.0 Å². The summed E-state index contributed by atoms with van der Waals surface area (Å²) in [5.74, 6) is 1.34. The van der Waals surface area contributed by atoms with Crippen LogP contribution >= 0.6 is 0 Å². The first-order valence-corrected chi connectivity index (χ1v) is 11.2. The van der Waals surface area contributed by atoms with Crippen LogP contribution in [0.4, 0.5) is 5.69 Å². The molecule has 0 radical (unpaired) electrons. The summed E-state index contributed by atoms with van der Waals surface area (Å²) >= 11 is 0. The molecule has 31 heavy (non-hydrogen) atoms. The summed E-state index contributed by atoms with van der Waals surface area (Å²) < 4.78 is 11.4. The minimum atomic E-state index is -0.296. The average molecular weight is 421 g/mol. The van der Waals surface area contributed by atoms with E-state index >= 15 is 0 Å². The van der Waals surface area contributed by atoms with Gasteiger partial charge in [0.25, 0.3) is 0 Å². The lowest BCUT2D eigenvalue weighted by atomic mass is 10.0. The number of para-hydroxylation sites is 1. The Bertz CT molecular complexity index is 1000. The lowest BCUT2D eigenvalue weighted by Crippen LogP contribution is -2.37. The van der Waals surface area contributed by atoms with Crippen molar-refractivity contribution in [3.05, 3.63) is 53.6 Å². The lowest BCUT2D eigenvalue weighted by Gasteiger charge is -2.29. The summed E-state index contributed by atoms with van der Waals surface area (Å²) in [6, 6.07) is 14.0. The molecular weight excluding hydrogens is 392 g/mol. The van der Waals surface area contributed by atoms with Crippen LogP contribution in [0.15, 0.2) is 42.5 Å². The maximum atomic E-state index is 13.5. The van der Waals surface area contributed by atoms with Gasteiger partial charge in [0.2, 0.25) is 11.8 Å². The Hall–Kier alpha value is -3.02. The summed E-state index contributed by atoms with van der Waals surface area (Å²) in [6.45, 7) is 4.38. The third-order valence-corrected chi connectivity index (χ3v) is 6.62. The molecule has 162 valence electrons. The monoisotopic (exact) mass is 420 g/mol. The number of hydrogen-bond donors (Lipinski definition) is 0. The first-order valence-electron chi connectivity index (χ1n) is 11.2. The second kappa shape index (κ2) is 8.25. The lowest BCUT2D eigenvalue weighted by molar-refractivity contribution is -0.136. The number of rotatable bonds is 4. The van der Waals surface area contributed by atoms with Crippen molar-refractivity contribution >= 4 is 17.5 Å². The minimum Gasteiger partial charge on any atom is -0.486 e. The second-order valence-electron chi connectivity index (χ2n) is 8.48. The van der Waals surface area contributed by atoms with Crippen molar-refractivity contribution in [3.8, 4) is 11.5 Å². The molecular formula is C25H28N2O4. The van der Waals surface area contributed by atoms with E-state index in [1.54, 1.807) is 4.90 Å². The van der Waals surface area contributed by atoms with Gasteiger partial charge < -0.3 is 19.3 Å². The fourth-order valence-electron chi connectivity index (χ4n) is 5.06. The molecule has 3 aliphatic rings. The van der Waals surface area contributed by atoms with Crippen molar-refractivity contribution in [1.29, 1.82) is 0 Å². The van der Waals surface area contributed by atoms with E-state index in [1.807, 2.05) is 41.3 Å². The number of hydrogen-bond acceptors (Lipinski definition) is 4. The Morgan fingerprint density at radius 1 is 1.10 bits per heavy atom. The molecule has 0 bridgehead atoms. The standard InChI is InChI=1S/C25H28N2O4/c1-2-17-6-3-4-7-20(17)27-16-19(15-24(27)28)25(29)26-11-5-8-21(26)18-9-10-22-23(14-18)31-13-12-30-22/h3-4,6-7,9-10,14,19,21H,2,5,8,11-13,15-16H2,1H3. The topological polar surface area (TPSA) is 59.1 Å². The van der Waals surface area contributed by atoms with E-state index in [1.165, 1.54) is 0 Å². The highest BCUT2D eigenvalue weighted by Crippen LogP contribution is 2.39. The SMILES string of the molecule is CCc1ccccc1N1CC(C(=O)N2CCCC2c2ccc3c(c2)OCCO3)CC1=O. The number of carbonyl (C=O) groups excluding carboxylic acids is 2. The molecule has 0 spiro atoms. The molecule has 6 nitrogen and oxygen atoms in total. The van der Waals surface area contributed by atoms with Gasteiger partial charge in [-0.25, -0.2) is 0 Å². The van der Waals surface area contributed by atoms with Crippen LogP contribution < -0.4 is 14.4 Å². The van der Waals surface area contributed by atoms with E-state index in [4.69, 9.17) is 9.47 Å². The van der Waals surface area contributed by atoms with Gasteiger partial charge in [-0.1, -0.05) is 31.2 Å². The minimum absolute atomic E-state index is 0.0235. The van der Waals surface area contributed by atoms with Crippen LogP contribution in [0.1, 0.15) is 43.4 Å². The van der Waals surface area contributed by atoms with Gasteiger partial charge in [0, 0.05) is 25.2 Å². The molecule has 3 aliphatic heterocycles. The molecule has 6 heteroatoms. The van der Waals surface area contributed by atoms with Gasteiger partial charge in [0.05, 0.1) is 12.0 Å². The van der Waals surface area contributed by atoms with Gasteiger partial charge in [-0.2, -0.15) is 0 Å². The van der Waals surface area contributed by atoms with Crippen LogP contribution in [-0.2, 0) is 16.0 Å². The maximum absolute atomic E-state index is 13.5. The molecule has 2 amide bonds.